The van der Waals surface area contributed by atoms with Gasteiger partial charge in [0.05, 0.1) is 25.4 Å². The number of imide groups is 1. The standard InChI is InChI=1S/C16H25N3O5S/c1-3-24-15(22)12-5-4-7-18(9-12)11(2)14(21)17-6-8-19-13(20)10-25-16(19)23/h11-12H,3-10H2,1-2H3,(H,17,21)/p+1/t11-,12+/m0/s1. The van der Waals surface area contributed by atoms with Crippen molar-refractivity contribution in [3.05, 3.63) is 0 Å². The van der Waals surface area contributed by atoms with Gasteiger partial charge in [-0.05, 0) is 26.7 Å². The number of quaternary nitrogens is 1. The lowest BCUT2D eigenvalue weighted by Gasteiger charge is -2.32. The minimum atomic E-state index is -0.295. The highest BCUT2D eigenvalue weighted by Crippen LogP contribution is 2.17. The van der Waals surface area contributed by atoms with Crippen LogP contribution < -0.4 is 10.2 Å². The second kappa shape index (κ2) is 9.19. The van der Waals surface area contributed by atoms with E-state index in [1.54, 1.807) is 6.92 Å². The molecule has 9 heteroatoms. The van der Waals surface area contributed by atoms with Crippen molar-refractivity contribution in [2.45, 2.75) is 32.7 Å². The number of hydrogen-bond acceptors (Lipinski definition) is 6. The van der Waals surface area contributed by atoms with Gasteiger partial charge in [-0.2, -0.15) is 0 Å². The molecule has 2 saturated heterocycles. The Morgan fingerprint density at radius 3 is 2.84 bits per heavy atom. The zero-order valence-electron chi connectivity index (χ0n) is 14.7. The molecule has 2 N–H and O–H groups in total. The van der Waals surface area contributed by atoms with Gasteiger partial charge in [0.25, 0.3) is 11.1 Å². The monoisotopic (exact) mass is 372 g/mol. The maximum atomic E-state index is 12.3. The van der Waals surface area contributed by atoms with E-state index >= 15 is 0 Å². The van der Waals surface area contributed by atoms with E-state index in [0.717, 1.165) is 36.0 Å². The molecule has 2 aliphatic heterocycles. The number of thioether (sulfide) groups is 1. The Balaban J connectivity index is 1.78. The number of likely N-dealkylation sites (tertiary alicyclic amines) is 1. The van der Waals surface area contributed by atoms with E-state index in [2.05, 4.69) is 5.32 Å². The third-order valence-electron chi connectivity index (χ3n) is 4.66. The molecule has 3 amide bonds. The van der Waals surface area contributed by atoms with Gasteiger partial charge in [0.1, 0.15) is 5.92 Å². The third-order valence-corrected chi connectivity index (χ3v) is 5.52. The number of nitrogens with zero attached hydrogens (tertiary/aromatic N) is 1. The largest absolute Gasteiger partial charge is 0.466 e. The summed E-state index contributed by atoms with van der Waals surface area (Å²) in [6, 6.07) is -0.295. The van der Waals surface area contributed by atoms with Crippen molar-refractivity contribution in [1.29, 1.82) is 0 Å². The lowest BCUT2D eigenvalue weighted by atomic mass is 9.97. The first kappa shape index (κ1) is 19.7. The minimum absolute atomic E-state index is 0.133. The summed E-state index contributed by atoms with van der Waals surface area (Å²) in [6.45, 7) is 5.86. The smallest absolute Gasteiger partial charge is 0.314 e. The van der Waals surface area contributed by atoms with Crippen molar-refractivity contribution in [2.24, 2.45) is 5.92 Å². The molecule has 0 bridgehead atoms. The molecular weight excluding hydrogens is 346 g/mol. The van der Waals surface area contributed by atoms with Crippen molar-refractivity contribution in [3.63, 3.8) is 0 Å². The summed E-state index contributed by atoms with van der Waals surface area (Å²) < 4.78 is 5.09. The maximum Gasteiger partial charge on any atom is 0.314 e. The Morgan fingerprint density at radius 2 is 2.20 bits per heavy atom. The minimum Gasteiger partial charge on any atom is -0.466 e. The Labute approximate surface area is 151 Å². The summed E-state index contributed by atoms with van der Waals surface area (Å²) in [5, 5.41) is 2.53. The van der Waals surface area contributed by atoms with Crippen molar-refractivity contribution < 1.29 is 28.8 Å². The van der Waals surface area contributed by atoms with Crippen LogP contribution in [0.15, 0.2) is 0 Å². The lowest BCUT2D eigenvalue weighted by Crippen LogP contribution is -3.18. The highest BCUT2D eigenvalue weighted by Gasteiger charge is 2.35. The first-order chi connectivity index (χ1) is 11.9. The molecule has 3 atom stereocenters. The summed E-state index contributed by atoms with van der Waals surface area (Å²) in [5.41, 5.74) is 0. The van der Waals surface area contributed by atoms with E-state index in [-0.39, 0.29) is 53.8 Å². The van der Waals surface area contributed by atoms with E-state index < -0.39 is 0 Å². The van der Waals surface area contributed by atoms with Gasteiger partial charge >= 0.3 is 5.97 Å². The molecule has 140 valence electrons. The molecule has 0 spiro atoms. The van der Waals surface area contributed by atoms with Crippen molar-refractivity contribution in [1.82, 2.24) is 10.2 Å². The average Bonchev–Trinajstić information content (AvgIpc) is 2.93. The molecule has 2 aliphatic rings. The molecule has 0 saturated carbocycles. The predicted molar refractivity (Wildman–Crippen MR) is 92.1 cm³/mol. The number of piperidine rings is 1. The number of rotatable bonds is 7. The van der Waals surface area contributed by atoms with E-state index in [1.807, 2.05) is 6.92 Å². The Morgan fingerprint density at radius 1 is 1.44 bits per heavy atom. The van der Waals surface area contributed by atoms with Crippen LogP contribution in [0.25, 0.3) is 0 Å². The van der Waals surface area contributed by atoms with Gasteiger partial charge < -0.3 is 15.0 Å². The third kappa shape index (κ3) is 5.18. The molecule has 0 aromatic carbocycles. The van der Waals surface area contributed by atoms with Crippen LogP contribution in [0.4, 0.5) is 4.79 Å². The molecular formula is C16H26N3O5S+. The number of esters is 1. The van der Waals surface area contributed by atoms with Gasteiger partial charge in [0.2, 0.25) is 5.91 Å². The quantitative estimate of drug-likeness (QED) is 0.559. The number of ether oxygens (including phenoxy) is 1. The van der Waals surface area contributed by atoms with E-state index in [0.29, 0.717) is 13.2 Å². The first-order valence-corrected chi connectivity index (χ1v) is 9.68. The fourth-order valence-corrected chi connectivity index (χ4v) is 3.93. The molecule has 8 nitrogen and oxygen atoms in total. The van der Waals surface area contributed by atoms with Crippen LogP contribution >= 0.6 is 11.8 Å². The van der Waals surface area contributed by atoms with E-state index in [4.69, 9.17) is 4.74 Å². The van der Waals surface area contributed by atoms with Gasteiger partial charge in [-0.1, -0.05) is 11.8 Å². The summed E-state index contributed by atoms with van der Waals surface area (Å²) in [4.78, 5) is 49.5. The molecule has 1 unspecified atom stereocenters. The molecule has 0 radical (unpaired) electrons. The van der Waals surface area contributed by atoms with E-state index in [1.165, 1.54) is 4.90 Å². The highest BCUT2D eigenvalue weighted by atomic mass is 32.2. The number of amides is 3. The Bertz CT molecular complexity index is 526. The van der Waals surface area contributed by atoms with Crippen molar-refractivity contribution >= 4 is 34.8 Å². The normalized spacial score (nSPS) is 25.0. The number of hydrogen-bond donors (Lipinski definition) is 2. The number of nitrogens with one attached hydrogen (secondary N) is 2. The van der Waals surface area contributed by atoms with Crippen LogP contribution in [0.2, 0.25) is 0 Å². The first-order valence-electron chi connectivity index (χ1n) is 8.70. The number of carbonyl (C=O) groups excluding carboxylic acids is 4. The molecule has 25 heavy (non-hydrogen) atoms. The fraction of sp³-hybridized carbons (Fsp3) is 0.750. The maximum absolute atomic E-state index is 12.3. The zero-order chi connectivity index (χ0) is 18.4. The van der Waals surface area contributed by atoms with Crippen LogP contribution in [0.5, 0.6) is 0 Å². The second-order valence-electron chi connectivity index (χ2n) is 6.32. The zero-order valence-corrected chi connectivity index (χ0v) is 15.5. The molecule has 0 aliphatic carbocycles. The highest BCUT2D eigenvalue weighted by molar-refractivity contribution is 8.14. The van der Waals surface area contributed by atoms with Gasteiger partial charge in [0, 0.05) is 13.1 Å². The molecule has 0 aromatic heterocycles. The topological polar surface area (TPSA) is 97.2 Å². The molecule has 2 heterocycles. The lowest BCUT2D eigenvalue weighted by molar-refractivity contribution is -0.921. The molecule has 2 rings (SSSR count). The van der Waals surface area contributed by atoms with Gasteiger partial charge in [0.15, 0.2) is 6.04 Å². The van der Waals surface area contributed by atoms with Crippen LogP contribution in [0.1, 0.15) is 26.7 Å². The van der Waals surface area contributed by atoms with Gasteiger partial charge in [-0.25, -0.2) is 0 Å². The van der Waals surface area contributed by atoms with Crippen LogP contribution in [-0.4, -0.2) is 72.5 Å². The van der Waals surface area contributed by atoms with Crippen molar-refractivity contribution in [2.75, 3.05) is 38.5 Å². The Kier molecular flexibility index (Phi) is 7.24. The SMILES string of the molecule is CCOC(=O)[C@@H]1CCC[NH+]([C@@H](C)C(=O)NCCN2C(=O)CSC2=O)C1. The number of carbonyl (C=O) groups is 4. The van der Waals surface area contributed by atoms with Gasteiger partial charge in [-0.3, -0.25) is 24.1 Å². The average molecular weight is 372 g/mol. The fourth-order valence-electron chi connectivity index (χ4n) is 3.18. The van der Waals surface area contributed by atoms with Crippen LogP contribution in [0.3, 0.4) is 0 Å². The molecule has 0 aromatic rings. The summed E-state index contributed by atoms with van der Waals surface area (Å²) in [6.07, 6.45) is 1.68. The summed E-state index contributed by atoms with van der Waals surface area (Å²) in [7, 11) is 0. The Hall–Kier alpha value is -1.61. The summed E-state index contributed by atoms with van der Waals surface area (Å²) in [5.74, 6) is -0.509. The summed E-state index contributed by atoms with van der Waals surface area (Å²) >= 11 is 0.985. The predicted octanol–water partition coefficient (Wildman–Crippen LogP) is -0.955. The second-order valence-corrected chi connectivity index (χ2v) is 7.24. The van der Waals surface area contributed by atoms with Crippen molar-refractivity contribution in [3.8, 4) is 0 Å². The van der Waals surface area contributed by atoms with Crippen LogP contribution in [-0.2, 0) is 19.1 Å². The van der Waals surface area contributed by atoms with Crippen LogP contribution in [0, 0.1) is 5.92 Å². The van der Waals surface area contributed by atoms with Gasteiger partial charge in [-0.15, -0.1) is 0 Å². The molecule has 2 fully saturated rings. The van der Waals surface area contributed by atoms with E-state index in [9.17, 15) is 19.2 Å².